The second-order valence-electron chi connectivity index (χ2n) is 2.84. The molecule has 0 fully saturated rings. The van der Waals surface area contributed by atoms with Gasteiger partial charge in [-0.15, -0.1) is 0 Å². The molecule has 0 radical (unpaired) electrons. The molecule has 0 aliphatic rings. The Morgan fingerprint density at radius 1 is 1.43 bits per heavy atom. The summed E-state index contributed by atoms with van der Waals surface area (Å²) >= 11 is 0. The molecule has 0 aromatic carbocycles. The standard InChI is InChI=1S/C9H12O5/c1-5(10)4-8(11)14-7(3)6(2)9(12)13/h7H,2,4H2,1,3H3,(H,12,13). The van der Waals surface area contributed by atoms with Gasteiger partial charge >= 0.3 is 11.9 Å². The summed E-state index contributed by atoms with van der Waals surface area (Å²) < 4.78 is 4.64. The molecule has 0 bridgehead atoms. The number of aliphatic carboxylic acids is 1. The first-order valence-electron chi connectivity index (χ1n) is 3.95. The van der Waals surface area contributed by atoms with Crippen LogP contribution in [0.15, 0.2) is 12.2 Å². The smallest absolute Gasteiger partial charge is 0.334 e. The van der Waals surface area contributed by atoms with Gasteiger partial charge in [0.1, 0.15) is 18.3 Å². The van der Waals surface area contributed by atoms with Crippen LogP contribution in [0.25, 0.3) is 0 Å². The van der Waals surface area contributed by atoms with Crippen molar-refractivity contribution in [3.63, 3.8) is 0 Å². The molecule has 0 amide bonds. The van der Waals surface area contributed by atoms with E-state index in [1.807, 2.05) is 0 Å². The number of esters is 1. The Morgan fingerprint density at radius 2 is 1.93 bits per heavy atom. The van der Waals surface area contributed by atoms with Gasteiger partial charge in [-0.25, -0.2) is 4.79 Å². The SMILES string of the molecule is C=C(C(=O)O)C(C)OC(=O)CC(C)=O. The van der Waals surface area contributed by atoms with Crippen LogP contribution in [0.2, 0.25) is 0 Å². The van der Waals surface area contributed by atoms with Gasteiger partial charge in [-0.3, -0.25) is 9.59 Å². The van der Waals surface area contributed by atoms with Gasteiger partial charge in [-0.2, -0.15) is 0 Å². The molecule has 0 saturated heterocycles. The van der Waals surface area contributed by atoms with E-state index in [4.69, 9.17) is 5.11 Å². The molecule has 0 aliphatic heterocycles. The Bertz CT molecular complexity index is 279. The number of carboxylic acids is 1. The lowest BCUT2D eigenvalue weighted by Gasteiger charge is -2.11. The molecule has 0 heterocycles. The van der Waals surface area contributed by atoms with E-state index in [0.717, 1.165) is 0 Å². The number of hydrogen-bond donors (Lipinski definition) is 1. The highest BCUT2D eigenvalue weighted by molar-refractivity contribution is 5.94. The molecule has 0 saturated carbocycles. The molecule has 0 aromatic heterocycles. The number of Topliss-reactive ketones (excluding diaryl/α,β-unsaturated/α-hetero) is 1. The molecule has 0 rings (SSSR count). The molecule has 1 N–H and O–H groups in total. The number of ketones is 1. The van der Waals surface area contributed by atoms with Crippen LogP contribution in [-0.4, -0.2) is 28.9 Å². The molecule has 1 unspecified atom stereocenters. The molecule has 5 heteroatoms. The van der Waals surface area contributed by atoms with Gasteiger partial charge in [0.05, 0.1) is 5.57 Å². The van der Waals surface area contributed by atoms with Crippen molar-refractivity contribution in [2.75, 3.05) is 0 Å². The van der Waals surface area contributed by atoms with E-state index in [0.29, 0.717) is 0 Å². The molecule has 0 spiro atoms. The zero-order valence-corrected chi connectivity index (χ0v) is 8.07. The fourth-order valence-electron chi connectivity index (χ4n) is 0.687. The summed E-state index contributed by atoms with van der Waals surface area (Å²) in [4.78, 5) is 31.8. The van der Waals surface area contributed by atoms with Crippen LogP contribution < -0.4 is 0 Å². The summed E-state index contributed by atoms with van der Waals surface area (Å²) in [5, 5.41) is 8.49. The van der Waals surface area contributed by atoms with Crippen molar-refractivity contribution >= 4 is 17.7 Å². The van der Waals surface area contributed by atoms with E-state index < -0.39 is 18.0 Å². The summed E-state index contributed by atoms with van der Waals surface area (Å²) in [5.41, 5.74) is -0.220. The third kappa shape index (κ3) is 4.39. The average Bonchev–Trinajstić information content (AvgIpc) is 2.00. The van der Waals surface area contributed by atoms with E-state index in [1.54, 1.807) is 0 Å². The number of carbonyl (C=O) groups excluding carboxylic acids is 2. The van der Waals surface area contributed by atoms with Crippen molar-refractivity contribution in [3.05, 3.63) is 12.2 Å². The minimum atomic E-state index is -1.23. The first-order chi connectivity index (χ1) is 6.34. The van der Waals surface area contributed by atoms with Crippen LogP contribution in [0, 0.1) is 0 Å². The van der Waals surface area contributed by atoms with Crippen LogP contribution in [0.5, 0.6) is 0 Å². The fraction of sp³-hybridized carbons (Fsp3) is 0.444. The zero-order valence-electron chi connectivity index (χ0n) is 8.07. The van der Waals surface area contributed by atoms with Crippen LogP contribution in [-0.2, 0) is 19.1 Å². The number of rotatable bonds is 5. The zero-order chi connectivity index (χ0) is 11.3. The van der Waals surface area contributed by atoms with Crippen molar-refractivity contribution in [2.24, 2.45) is 0 Å². The lowest BCUT2D eigenvalue weighted by Crippen LogP contribution is -2.22. The largest absolute Gasteiger partial charge is 0.478 e. The van der Waals surface area contributed by atoms with E-state index in [-0.39, 0.29) is 17.8 Å². The van der Waals surface area contributed by atoms with Crippen molar-refractivity contribution in [2.45, 2.75) is 26.4 Å². The van der Waals surface area contributed by atoms with Gasteiger partial charge in [-0.1, -0.05) is 6.58 Å². The summed E-state index contributed by atoms with van der Waals surface area (Å²) in [5.74, 6) is -2.30. The van der Waals surface area contributed by atoms with Gasteiger partial charge in [0, 0.05) is 0 Å². The van der Waals surface area contributed by atoms with Crippen molar-refractivity contribution in [1.82, 2.24) is 0 Å². The Labute approximate surface area is 81.4 Å². The lowest BCUT2D eigenvalue weighted by atomic mass is 10.2. The second-order valence-corrected chi connectivity index (χ2v) is 2.84. The average molecular weight is 200 g/mol. The molecule has 0 aliphatic carbocycles. The fourth-order valence-corrected chi connectivity index (χ4v) is 0.687. The van der Waals surface area contributed by atoms with Crippen LogP contribution >= 0.6 is 0 Å². The highest BCUT2D eigenvalue weighted by Crippen LogP contribution is 2.05. The molecule has 1 atom stereocenters. The predicted molar refractivity (Wildman–Crippen MR) is 47.6 cm³/mol. The molecule has 14 heavy (non-hydrogen) atoms. The van der Waals surface area contributed by atoms with E-state index in [2.05, 4.69) is 11.3 Å². The molecular formula is C9H12O5. The minimum absolute atomic E-state index is 0.220. The van der Waals surface area contributed by atoms with Crippen molar-refractivity contribution < 1.29 is 24.2 Å². The van der Waals surface area contributed by atoms with Crippen LogP contribution in [0.4, 0.5) is 0 Å². The predicted octanol–water partition coefficient (Wildman–Crippen LogP) is 0.538. The molecule has 0 aromatic rings. The quantitative estimate of drug-likeness (QED) is 0.398. The van der Waals surface area contributed by atoms with Gasteiger partial charge in [0.2, 0.25) is 0 Å². The van der Waals surface area contributed by atoms with E-state index in [9.17, 15) is 14.4 Å². The third-order valence-corrected chi connectivity index (χ3v) is 1.47. The van der Waals surface area contributed by atoms with Crippen molar-refractivity contribution in [1.29, 1.82) is 0 Å². The Hall–Kier alpha value is -1.65. The molecular weight excluding hydrogens is 188 g/mol. The maximum atomic E-state index is 10.9. The topological polar surface area (TPSA) is 80.7 Å². The maximum absolute atomic E-state index is 10.9. The second kappa shape index (κ2) is 5.16. The van der Waals surface area contributed by atoms with Gasteiger partial charge in [0.15, 0.2) is 0 Å². The first-order valence-corrected chi connectivity index (χ1v) is 3.95. The normalized spacial score (nSPS) is 11.6. The third-order valence-electron chi connectivity index (χ3n) is 1.47. The molecule has 78 valence electrons. The van der Waals surface area contributed by atoms with Gasteiger partial charge in [0.25, 0.3) is 0 Å². The Morgan fingerprint density at radius 3 is 2.29 bits per heavy atom. The number of ether oxygens (including phenoxy) is 1. The number of carboxylic acid groups (broad SMARTS) is 1. The van der Waals surface area contributed by atoms with Crippen LogP contribution in [0.1, 0.15) is 20.3 Å². The summed E-state index contributed by atoms with van der Waals surface area (Å²) in [6.45, 7) is 5.86. The Kier molecular flexibility index (Phi) is 4.55. The monoisotopic (exact) mass is 200 g/mol. The highest BCUT2D eigenvalue weighted by Gasteiger charge is 2.18. The summed E-state index contributed by atoms with van der Waals surface area (Å²) in [6.07, 6.45) is -1.27. The Balaban J connectivity index is 4.12. The molecule has 5 nitrogen and oxygen atoms in total. The minimum Gasteiger partial charge on any atom is -0.478 e. The number of hydrogen-bond acceptors (Lipinski definition) is 4. The summed E-state index contributed by atoms with van der Waals surface area (Å²) in [6, 6.07) is 0. The first kappa shape index (κ1) is 12.3. The number of carbonyl (C=O) groups is 3. The van der Waals surface area contributed by atoms with Crippen molar-refractivity contribution in [3.8, 4) is 0 Å². The van der Waals surface area contributed by atoms with E-state index in [1.165, 1.54) is 13.8 Å². The maximum Gasteiger partial charge on any atom is 0.334 e. The van der Waals surface area contributed by atoms with Gasteiger partial charge < -0.3 is 9.84 Å². The van der Waals surface area contributed by atoms with E-state index >= 15 is 0 Å². The van der Waals surface area contributed by atoms with Crippen LogP contribution in [0.3, 0.4) is 0 Å². The summed E-state index contributed by atoms with van der Waals surface area (Å²) in [7, 11) is 0. The lowest BCUT2D eigenvalue weighted by molar-refractivity contribution is -0.149. The highest BCUT2D eigenvalue weighted by atomic mass is 16.5. The van der Waals surface area contributed by atoms with Gasteiger partial charge in [-0.05, 0) is 13.8 Å².